The maximum absolute atomic E-state index is 12.3. The minimum absolute atomic E-state index is 0.0327. The topological polar surface area (TPSA) is 46.3 Å². The van der Waals surface area contributed by atoms with Crippen molar-refractivity contribution in [3.8, 4) is 0 Å². The molecule has 0 N–H and O–H groups in total. The quantitative estimate of drug-likeness (QED) is 0.820. The van der Waals surface area contributed by atoms with Gasteiger partial charge >= 0.3 is 0 Å². The lowest BCUT2D eigenvalue weighted by molar-refractivity contribution is -0.135. The zero-order chi connectivity index (χ0) is 17.0. The molecule has 1 aliphatic heterocycles. The Hall–Kier alpha value is -0.970. The molecule has 23 heavy (non-hydrogen) atoms. The van der Waals surface area contributed by atoms with E-state index in [1.54, 1.807) is 18.0 Å². The third-order valence-corrected chi connectivity index (χ3v) is 5.38. The van der Waals surface area contributed by atoms with E-state index in [1.807, 2.05) is 11.8 Å². The van der Waals surface area contributed by atoms with E-state index in [0.717, 1.165) is 49.7 Å². The fourth-order valence-corrected chi connectivity index (χ4v) is 3.63. The van der Waals surface area contributed by atoms with E-state index in [0.29, 0.717) is 11.8 Å². The lowest BCUT2D eigenvalue weighted by Gasteiger charge is -2.33. The summed E-state index contributed by atoms with van der Waals surface area (Å²) >= 11 is 1.74. The highest BCUT2D eigenvalue weighted by Crippen LogP contribution is 2.26. The van der Waals surface area contributed by atoms with Crippen LogP contribution in [0.15, 0.2) is 10.7 Å². The number of carbonyl (C=O) groups excluding carboxylic acids is 1. The molecule has 1 amide bonds. The largest absolute Gasteiger partial charge is 0.449 e. The standard InChI is InChI=1S/C18H30N2O2S/c1-13(12-23-5)17(21)20-8-6-14(7-9-20)10-16-19-15(11-22-16)18(2,3)4/h11,13-14H,6-10,12H2,1-5H3. The van der Waals surface area contributed by atoms with Crippen LogP contribution in [0.25, 0.3) is 0 Å². The van der Waals surface area contributed by atoms with Gasteiger partial charge in [-0.1, -0.05) is 27.7 Å². The maximum atomic E-state index is 12.3. The molecule has 130 valence electrons. The number of amides is 1. The Balaban J connectivity index is 1.83. The summed E-state index contributed by atoms with van der Waals surface area (Å²) in [6, 6.07) is 0. The number of thioether (sulfide) groups is 1. The molecule has 1 unspecified atom stereocenters. The zero-order valence-electron chi connectivity index (χ0n) is 15.1. The minimum Gasteiger partial charge on any atom is -0.449 e. The molecule has 0 spiro atoms. The van der Waals surface area contributed by atoms with Crippen LogP contribution in [0.2, 0.25) is 0 Å². The number of aromatic nitrogens is 1. The molecule has 0 aliphatic carbocycles. The monoisotopic (exact) mass is 338 g/mol. The Morgan fingerprint density at radius 1 is 1.43 bits per heavy atom. The van der Waals surface area contributed by atoms with Crippen LogP contribution < -0.4 is 0 Å². The molecule has 0 saturated carbocycles. The molecule has 1 aromatic rings. The number of piperidine rings is 1. The van der Waals surface area contributed by atoms with Gasteiger partial charge in [-0.05, 0) is 25.0 Å². The predicted molar refractivity (Wildman–Crippen MR) is 95.8 cm³/mol. The van der Waals surface area contributed by atoms with Gasteiger partial charge in [-0.15, -0.1) is 0 Å². The van der Waals surface area contributed by atoms with Crippen LogP contribution in [0.3, 0.4) is 0 Å². The number of rotatable bonds is 5. The first kappa shape index (κ1) is 18.4. The van der Waals surface area contributed by atoms with Crippen molar-refractivity contribution in [2.45, 2.75) is 52.4 Å². The van der Waals surface area contributed by atoms with Gasteiger partial charge in [0.15, 0.2) is 5.89 Å². The van der Waals surface area contributed by atoms with Crippen molar-refractivity contribution in [3.05, 3.63) is 17.8 Å². The van der Waals surface area contributed by atoms with Crippen LogP contribution in [0.1, 0.15) is 52.1 Å². The van der Waals surface area contributed by atoms with Gasteiger partial charge in [0.2, 0.25) is 5.91 Å². The Labute approximate surface area is 144 Å². The van der Waals surface area contributed by atoms with Crippen molar-refractivity contribution in [2.75, 3.05) is 25.1 Å². The molecular weight excluding hydrogens is 308 g/mol. The number of likely N-dealkylation sites (tertiary alicyclic amines) is 1. The van der Waals surface area contributed by atoms with E-state index in [4.69, 9.17) is 4.42 Å². The van der Waals surface area contributed by atoms with E-state index in [-0.39, 0.29) is 11.3 Å². The van der Waals surface area contributed by atoms with Crippen LogP contribution in [-0.2, 0) is 16.6 Å². The van der Waals surface area contributed by atoms with Gasteiger partial charge in [0.05, 0.1) is 5.69 Å². The Kier molecular flexibility index (Phi) is 6.18. The van der Waals surface area contributed by atoms with Crippen LogP contribution in [-0.4, -0.2) is 40.9 Å². The first-order valence-corrected chi connectivity index (χ1v) is 9.93. The highest BCUT2D eigenvalue weighted by Gasteiger charge is 2.27. The molecule has 0 bridgehead atoms. The fourth-order valence-electron chi connectivity index (χ4n) is 2.99. The van der Waals surface area contributed by atoms with Gasteiger partial charge in [-0.25, -0.2) is 4.98 Å². The Morgan fingerprint density at radius 3 is 2.61 bits per heavy atom. The molecule has 0 radical (unpaired) electrons. The van der Waals surface area contributed by atoms with E-state index >= 15 is 0 Å². The first-order valence-electron chi connectivity index (χ1n) is 8.54. The van der Waals surface area contributed by atoms with Crippen molar-refractivity contribution in [3.63, 3.8) is 0 Å². The van der Waals surface area contributed by atoms with Crippen LogP contribution in [0.5, 0.6) is 0 Å². The van der Waals surface area contributed by atoms with Crippen molar-refractivity contribution >= 4 is 17.7 Å². The number of carbonyl (C=O) groups is 1. The third kappa shape index (κ3) is 5.00. The van der Waals surface area contributed by atoms with Crippen molar-refractivity contribution in [2.24, 2.45) is 11.8 Å². The normalized spacial score (nSPS) is 18.2. The van der Waals surface area contributed by atoms with Gasteiger partial charge in [-0.2, -0.15) is 11.8 Å². The molecule has 0 aromatic carbocycles. The summed E-state index contributed by atoms with van der Waals surface area (Å²) in [5.41, 5.74) is 1.05. The predicted octanol–water partition coefficient (Wildman–Crippen LogP) is 3.75. The average Bonchev–Trinajstić information content (AvgIpc) is 2.96. The molecular formula is C18H30N2O2S. The zero-order valence-corrected chi connectivity index (χ0v) is 15.9. The van der Waals surface area contributed by atoms with Crippen molar-refractivity contribution in [1.82, 2.24) is 9.88 Å². The lowest BCUT2D eigenvalue weighted by Crippen LogP contribution is -2.42. The van der Waals surface area contributed by atoms with Crippen molar-refractivity contribution in [1.29, 1.82) is 0 Å². The van der Waals surface area contributed by atoms with E-state index in [2.05, 4.69) is 32.0 Å². The number of nitrogens with zero attached hydrogens (tertiary/aromatic N) is 2. The maximum Gasteiger partial charge on any atom is 0.226 e. The number of hydrogen-bond donors (Lipinski definition) is 0. The minimum atomic E-state index is 0.0327. The molecule has 2 rings (SSSR count). The fraction of sp³-hybridized carbons (Fsp3) is 0.778. The summed E-state index contributed by atoms with van der Waals surface area (Å²) in [6.07, 6.45) is 6.82. The van der Waals surface area contributed by atoms with Crippen molar-refractivity contribution < 1.29 is 9.21 Å². The molecule has 2 heterocycles. The Bertz CT molecular complexity index is 513. The summed E-state index contributed by atoms with van der Waals surface area (Å²) in [7, 11) is 0. The Morgan fingerprint density at radius 2 is 2.09 bits per heavy atom. The first-order chi connectivity index (χ1) is 10.8. The molecule has 1 fully saturated rings. The van der Waals surface area contributed by atoms with E-state index < -0.39 is 0 Å². The van der Waals surface area contributed by atoms with E-state index in [1.165, 1.54) is 0 Å². The molecule has 1 atom stereocenters. The summed E-state index contributed by atoms with van der Waals surface area (Å²) in [5.74, 6) is 2.76. The molecule has 1 aromatic heterocycles. The van der Waals surface area contributed by atoms with Crippen LogP contribution in [0, 0.1) is 11.8 Å². The second-order valence-corrected chi connectivity index (χ2v) is 8.62. The van der Waals surface area contributed by atoms with Gasteiger partial charge in [0.25, 0.3) is 0 Å². The smallest absolute Gasteiger partial charge is 0.226 e. The molecule has 1 aliphatic rings. The van der Waals surface area contributed by atoms with Crippen LogP contribution >= 0.6 is 11.8 Å². The summed E-state index contributed by atoms with van der Waals surface area (Å²) in [4.78, 5) is 19.0. The summed E-state index contributed by atoms with van der Waals surface area (Å²) < 4.78 is 5.64. The van der Waals surface area contributed by atoms with Gasteiger partial charge < -0.3 is 9.32 Å². The third-order valence-electron chi connectivity index (χ3n) is 4.55. The summed E-state index contributed by atoms with van der Waals surface area (Å²) in [6.45, 7) is 10.2. The highest BCUT2D eigenvalue weighted by atomic mass is 32.2. The second kappa shape index (κ2) is 7.73. The van der Waals surface area contributed by atoms with Gasteiger partial charge in [-0.3, -0.25) is 4.79 Å². The molecule has 1 saturated heterocycles. The number of hydrogen-bond acceptors (Lipinski definition) is 4. The van der Waals surface area contributed by atoms with Gasteiger partial charge in [0, 0.05) is 36.6 Å². The summed E-state index contributed by atoms with van der Waals surface area (Å²) in [5, 5.41) is 0. The van der Waals surface area contributed by atoms with Gasteiger partial charge in [0.1, 0.15) is 6.26 Å². The highest BCUT2D eigenvalue weighted by molar-refractivity contribution is 7.98. The van der Waals surface area contributed by atoms with E-state index in [9.17, 15) is 4.79 Å². The second-order valence-electron chi connectivity index (χ2n) is 7.71. The SMILES string of the molecule is CSCC(C)C(=O)N1CCC(Cc2nc(C(C)(C)C)co2)CC1. The molecule has 4 nitrogen and oxygen atoms in total. The van der Waals surface area contributed by atoms with Crippen LogP contribution in [0.4, 0.5) is 0 Å². The lowest BCUT2D eigenvalue weighted by atomic mass is 9.92. The molecule has 5 heteroatoms. The number of oxazole rings is 1. The average molecular weight is 339 g/mol.